The van der Waals surface area contributed by atoms with E-state index in [2.05, 4.69) is 17.1 Å². The number of rotatable bonds is 3. The highest BCUT2D eigenvalue weighted by Crippen LogP contribution is 2.37. The maximum Gasteiger partial charge on any atom is 0.0586 e. The fraction of sp³-hybridized carbons (Fsp3) is 1.00. The number of nitrogens with one attached hydrogen (secondary N) is 1. The minimum absolute atomic E-state index is 0.455. The van der Waals surface area contributed by atoms with E-state index in [0.717, 1.165) is 12.1 Å². The Kier molecular flexibility index (Phi) is 4.16. The highest BCUT2D eigenvalue weighted by Gasteiger charge is 2.44. The van der Waals surface area contributed by atoms with Gasteiger partial charge >= 0.3 is 0 Å². The maximum atomic E-state index is 5.58. The molecule has 1 saturated heterocycles. The van der Waals surface area contributed by atoms with Crippen molar-refractivity contribution >= 4 is 0 Å². The summed E-state index contributed by atoms with van der Waals surface area (Å²) < 4.78 is 5.58. The van der Waals surface area contributed by atoms with Gasteiger partial charge in [-0.15, -0.1) is 0 Å². The van der Waals surface area contributed by atoms with Gasteiger partial charge in [0.05, 0.1) is 6.10 Å². The Hall–Kier alpha value is -0.120. The van der Waals surface area contributed by atoms with Gasteiger partial charge in [-0.2, -0.15) is 0 Å². The molecule has 3 unspecified atom stereocenters. The summed E-state index contributed by atoms with van der Waals surface area (Å²) in [4.78, 5) is 2.85. The standard InChI is InChI=1S/C16H30N2O/c1-3-13-11-17-16(8-4-5-9-16)12-18(13)14-6-7-15(10-14)19-2/h13-15,17H,3-12H2,1-2H3. The quantitative estimate of drug-likeness (QED) is 0.849. The Bertz CT molecular complexity index is 301. The van der Waals surface area contributed by atoms with Crippen molar-refractivity contribution in [3.8, 4) is 0 Å². The molecular weight excluding hydrogens is 236 g/mol. The third-order valence-electron chi connectivity index (χ3n) is 5.86. The van der Waals surface area contributed by atoms with Crippen molar-refractivity contribution < 1.29 is 4.74 Å². The first kappa shape index (κ1) is 13.8. The first-order chi connectivity index (χ1) is 9.26. The number of hydrogen-bond acceptors (Lipinski definition) is 3. The van der Waals surface area contributed by atoms with Gasteiger partial charge in [-0.3, -0.25) is 4.90 Å². The minimum Gasteiger partial charge on any atom is -0.381 e. The molecule has 0 aromatic heterocycles. The molecule has 3 aliphatic rings. The van der Waals surface area contributed by atoms with Crippen LogP contribution in [0.15, 0.2) is 0 Å². The lowest BCUT2D eigenvalue weighted by atomic mass is 9.90. The molecule has 2 aliphatic carbocycles. The van der Waals surface area contributed by atoms with Crippen molar-refractivity contribution in [2.75, 3.05) is 20.2 Å². The van der Waals surface area contributed by atoms with Crippen LogP contribution >= 0.6 is 0 Å². The molecule has 19 heavy (non-hydrogen) atoms. The Labute approximate surface area is 118 Å². The first-order valence-electron chi connectivity index (χ1n) is 8.30. The molecule has 2 saturated carbocycles. The minimum atomic E-state index is 0.455. The van der Waals surface area contributed by atoms with E-state index in [4.69, 9.17) is 4.74 Å². The number of nitrogens with zero attached hydrogens (tertiary/aromatic N) is 1. The molecule has 3 fully saturated rings. The van der Waals surface area contributed by atoms with Gasteiger partial charge in [-0.25, -0.2) is 0 Å². The van der Waals surface area contributed by atoms with Gasteiger partial charge in [0.1, 0.15) is 0 Å². The molecule has 0 aromatic rings. The molecule has 1 heterocycles. The second kappa shape index (κ2) is 5.71. The molecule has 3 rings (SSSR count). The van der Waals surface area contributed by atoms with Crippen molar-refractivity contribution in [3.63, 3.8) is 0 Å². The van der Waals surface area contributed by atoms with Crippen LogP contribution in [-0.4, -0.2) is 48.8 Å². The average molecular weight is 266 g/mol. The van der Waals surface area contributed by atoms with E-state index in [0.29, 0.717) is 11.6 Å². The number of ether oxygens (including phenoxy) is 1. The number of methoxy groups -OCH3 is 1. The lowest BCUT2D eigenvalue weighted by molar-refractivity contribution is 0.0328. The van der Waals surface area contributed by atoms with E-state index < -0.39 is 0 Å². The Balaban J connectivity index is 1.69. The van der Waals surface area contributed by atoms with E-state index in [9.17, 15) is 0 Å². The lowest BCUT2D eigenvalue weighted by Gasteiger charge is -2.49. The third kappa shape index (κ3) is 2.70. The van der Waals surface area contributed by atoms with Crippen LogP contribution in [0.3, 0.4) is 0 Å². The monoisotopic (exact) mass is 266 g/mol. The fourth-order valence-electron chi connectivity index (χ4n) is 4.61. The van der Waals surface area contributed by atoms with Gasteiger partial charge in [0.15, 0.2) is 0 Å². The molecule has 0 radical (unpaired) electrons. The normalized spacial score (nSPS) is 39.2. The molecular formula is C16H30N2O. The molecule has 0 amide bonds. The van der Waals surface area contributed by atoms with Crippen LogP contribution in [0.5, 0.6) is 0 Å². The summed E-state index contributed by atoms with van der Waals surface area (Å²) in [7, 11) is 1.88. The highest BCUT2D eigenvalue weighted by atomic mass is 16.5. The van der Waals surface area contributed by atoms with E-state index in [1.807, 2.05) is 7.11 Å². The van der Waals surface area contributed by atoms with Gasteiger partial charge in [0.25, 0.3) is 0 Å². The predicted octanol–water partition coefficient (Wildman–Crippen LogP) is 2.55. The van der Waals surface area contributed by atoms with Crippen LogP contribution in [-0.2, 0) is 4.74 Å². The van der Waals surface area contributed by atoms with E-state index in [1.54, 1.807) is 0 Å². The summed E-state index contributed by atoms with van der Waals surface area (Å²) in [5.74, 6) is 0. The second-order valence-electron chi connectivity index (χ2n) is 6.93. The molecule has 0 aromatic carbocycles. The summed E-state index contributed by atoms with van der Waals surface area (Å²) in [5, 5.41) is 3.90. The molecule has 3 nitrogen and oxygen atoms in total. The molecule has 1 spiro atoms. The molecule has 3 atom stereocenters. The Morgan fingerprint density at radius 3 is 2.68 bits per heavy atom. The molecule has 1 N–H and O–H groups in total. The zero-order valence-electron chi connectivity index (χ0n) is 12.7. The number of piperazine rings is 1. The van der Waals surface area contributed by atoms with Crippen molar-refractivity contribution in [3.05, 3.63) is 0 Å². The van der Waals surface area contributed by atoms with Crippen LogP contribution in [0, 0.1) is 0 Å². The number of hydrogen-bond donors (Lipinski definition) is 1. The van der Waals surface area contributed by atoms with Crippen LogP contribution in [0.1, 0.15) is 58.3 Å². The average Bonchev–Trinajstić information content (AvgIpc) is 3.08. The largest absolute Gasteiger partial charge is 0.381 e. The predicted molar refractivity (Wildman–Crippen MR) is 78.4 cm³/mol. The van der Waals surface area contributed by atoms with Gasteiger partial charge in [0.2, 0.25) is 0 Å². The summed E-state index contributed by atoms with van der Waals surface area (Å²) >= 11 is 0. The second-order valence-corrected chi connectivity index (χ2v) is 6.93. The van der Waals surface area contributed by atoms with Crippen LogP contribution < -0.4 is 5.32 Å². The van der Waals surface area contributed by atoms with Gasteiger partial charge < -0.3 is 10.1 Å². The van der Waals surface area contributed by atoms with E-state index >= 15 is 0 Å². The zero-order chi connectivity index (χ0) is 13.3. The van der Waals surface area contributed by atoms with Gasteiger partial charge in [-0.05, 0) is 38.5 Å². The summed E-state index contributed by atoms with van der Waals surface area (Å²) in [5.41, 5.74) is 0.455. The third-order valence-corrected chi connectivity index (χ3v) is 5.86. The lowest BCUT2D eigenvalue weighted by Crippen LogP contribution is -2.64. The highest BCUT2D eigenvalue weighted by molar-refractivity contribution is 5.03. The zero-order valence-corrected chi connectivity index (χ0v) is 12.7. The molecule has 3 heteroatoms. The van der Waals surface area contributed by atoms with E-state index in [-0.39, 0.29) is 0 Å². The maximum absolute atomic E-state index is 5.58. The Morgan fingerprint density at radius 2 is 2.05 bits per heavy atom. The van der Waals surface area contributed by atoms with Crippen LogP contribution in [0.2, 0.25) is 0 Å². The van der Waals surface area contributed by atoms with Crippen molar-refractivity contribution in [1.82, 2.24) is 10.2 Å². The topological polar surface area (TPSA) is 24.5 Å². The molecule has 110 valence electrons. The summed E-state index contributed by atoms with van der Waals surface area (Å²) in [6, 6.07) is 1.52. The fourth-order valence-corrected chi connectivity index (χ4v) is 4.61. The van der Waals surface area contributed by atoms with Crippen LogP contribution in [0.25, 0.3) is 0 Å². The molecule has 1 aliphatic heterocycles. The van der Waals surface area contributed by atoms with Gasteiger partial charge in [0, 0.05) is 37.8 Å². The van der Waals surface area contributed by atoms with Crippen LogP contribution in [0.4, 0.5) is 0 Å². The van der Waals surface area contributed by atoms with E-state index in [1.165, 1.54) is 64.5 Å². The van der Waals surface area contributed by atoms with Crippen molar-refractivity contribution in [2.45, 2.75) is 82.0 Å². The Morgan fingerprint density at radius 1 is 1.26 bits per heavy atom. The molecule has 0 bridgehead atoms. The first-order valence-corrected chi connectivity index (χ1v) is 8.30. The SMILES string of the molecule is CCC1CNC2(CCCC2)CN1C1CCC(OC)C1. The van der Waals surface area contributed by atoms with Gasteiger partial charge in [-0.1, -0.05) is 19.8 Å². The van der Waals surface area contributed by atoms with Crippen molar-refractivity contribution in [2.24, 2.45) is 0 Å². The summed E-state index contributed by atoms with van der Waals surface area (Å²) in [6.07, 6.45) is 11.3. The summed E-state index contributed by atoms with van der Waals surface area (Å²) in [6.45, 7) is 4.83. The van der Waals surface area contributed by atoms with Crippen molar-refractivity contribution in [1.29, 1.82) is 0 Å². The smallest absolute Gasteiger partial charge is 0.0586 e.